The van der Waals surface area contributed by atoms with Crippen molar-refractivity contribution in [1.82, 2.24) is 0 Å². The molecule has 0 spiro atoms. The van der Waals surface area contributed by atoms with E-state index in [1.165, 1.54) is 24.6 Å². The summed E-state index contributed by atoms with van der Waals surface area (Å²) < 4.78 is 30.6. The normalized spacial score (nSPS) is 12.0. The first kappa shape index (κ1) is 19.8. The SMILES string of the molecule is C[C@@H](N)C(=O)O.O=S(=O)(O)c1ccc(CCc2ccccc2)cc1. The lowest BCUT2D eigenvalue weighted by atomic mass is 10.0. The summed E-state index contributed by atoms with van der Waals surface area (Å²) in [7, 11) is -4.09. The van der Waals surface area contributed by atoms with Crippen LogP contribution in [-0.2, 0) is 27.8 Å². The van der Waals surface area contributed by atoms with Crippen molar-refractivity contribution in [3.8, 4) is 0 Å². The molecule has 0 radical (unpaired) electrons. The van der Waals surface area contributed by atoms with E-state index >= 15 is 0 Å². The van der Waals surface area contributed by atoms with E-state index in [0.717, 1.165) is 18.4 Å². The Kier molecular flexibility index (Phi) is 7.57. The van der Waals surface area contributed by atoms with Crippen molar-refractivity contribution in [2.75, 3.05) is 0 Å². The molecule has 2 aromatic carbocycles. The zero-order valence-electron chi connectivity index (χ0n) is 13.3. The maximum absolute atomic E-state index is 10.9. The molecule has 24 heavy (non-hydrogen) atoms. The summed E-state index contributed by atoms with van der Waals surface area (Å²) in [6, 6.07) is 15.7. The molecular weight excluding hydrogens is 330 g/mol. The van der Waals surface area contributed by atoms with Gasteiger partial charge in [-0.1, -0.05) is 42.5 Å². The Hall–Kier alpha value is -2.22. The van der Waals surface area contributed by atoms with Crippen LogP contribution in [0.4, 0.5) is 0 Å². The largest absolute Gasteiger partial charge is 0.480 e. The molecular formula is C17H21NO5S. The van der Waals surface area contributed by atoms with E-state index in [1.54, 1.807) is 12.1 Å². The Morgan fingerprint density at radius 1 is 1.00 bits per heavy atom. The van der Waals surface area contributed by atoms with Gasteiger partial charge in [0.15, 0.2) is 0 Å². The number of carbonyl (C=O) groups is 1. The minimum atomic E-state index is -4.09. The monoisotopic (exact) mass is 351 g/mol. The summed E-state index contributed by atoms with van der Waals surface area (Å²) in [5, 5.41) is 7.87. The van der Waals surface area contributed by atoms with Crippen LogP contribution in [0.1, 0.15) is 18.1 Å². The Labute approximate surface area is 141 Å². The van der Waals surface area contributed by atoms with Gasteiger partial charge in [-0.2, -0.15) is 8.42 Å². The van der Waals surface area contributed by atoms with E-state index in [1.807, 2.05) is 18.2 Å². The summed E-state index contributed by atoms with van der Waals surface area (Å²) in [6.45, 7) is 1.42. The molecule has 0 aliphatic carbocycles. The minimum Gasteiger partial charge on any atom is -0.480 e. The molecule has 0 heterocycles. The van der Waals surface area contributed by atoms with Crippen LogP contribution in [0, 0.1) is 0 Å². The van der Waals surface area contributed by atoms with Crippen LogP contribution < -0.4 is 5.73 Å². The molecule has 0 saturated heterocycles. The summed E-state index contributed by atoms with van der Waals surface area (Å²) in [5.74, 6) is -0.963. The minimum absolute atomic E-state index is 0.0639. The molecule has 130 valence electrons. The molecule has 0 saturated carbocycles. The van der Waals surface area contributed by atoms with Crippen LogP contribution in [-0.4, -0.2) is 30.1 Å². The second-order valence-corrected chi connectivity index (χ2v) is 6.65. The number of carboxylic acid groups (broad SMARTS) is 1. The topological polar surface area (TPSA) is 118 Å². The third-order valence-corrected chi connectivity index (χ3v) is 4.02. The smallest absolute Gasteiger partial charge is 0.320 e. The number of nitrogens with two attached hydrogens (primary N) is 1. The predicted octanol–water partition coefficient (Wildman–Crippen LogP) is 2.14. The number of hydrogen-bond acceptors (Lipinski definition) is 4. The highest BCUT2D eigenvalue weighted by molar-refractivity contribution is 7.85. The Morgan fingerprint density at radius 2 is 1.42 bits per heavy atom. The van der Waals surface area contributed by atoms with E-state index in [-0.39, 0.29) is 4.90 Å². The van der Waals surface area contributed by atoms with E-state index < -0.39 is 22.1 Å². The highest BCUT2D eigenvalue weighted by atomic mass is 32.2. The fourth-order valence-corrected chi connectivity index (χ4v) is 2.24. The number of aliphatic carboxylic acids is 1. The van der Waals surface area contributed by atoms with Crippen molar-refractivity contribution in [2.24, 2.45) is 5.73 Å². The van der Waals surface area contributed by atoms with Gasteiger partial charge >= 0.3 is 5.97 Å². The van der Waals surface area contributed by atoms with Crippen molar-refractivity contribution >= 4 is 16.1 Å². The molecule has 0 amide bonds. The zero-order chi connectivity index (χ0) is 18.2. The van der Waals surface area contributed by atoms with E-state index in [0.29, 0.717) is 0 Å². The van der Waals surface area contributed by atoms with Crippen molar-refractivity contribution in [3.05, 3.63) is 65.7 Å². The van der Waals surface area contributed by atoms with E-state index in [9.17, 15) is 13.2 Å². The number of hydrogen-bond donors (Lipinski definition) is 3. The molecule has 0 unspecified atom stereocenters. The molecule has 0 aliphatic heterocycles. The molecule has 2 aromatic rings. The standard InChI is InChI=1S/C14H14O3S.C3H7NO2/c15-18(16,17)14-10-8-13(9-11-14)7-6-12-4-2-1-3-5-12;1-2(4)3(5)6/h1-5,8-11H,6-7H2,(H,15,16,17);2H,4H2,1H3,(H,5,6)/t;2-/m.1/s1. The lowest BCUT2D eigenvalue weighted by Gasteiger charge is -2.03. The zero-order valence-corrected chi connectivity index (χ0v) is 14.1. The maximum atomic E-state index is 10.9. The highest BCUT2D eigenvalue weighted by Gasteiger charge is 2.08. The van der Waals surface area contributed by atoms with Gasteiger partial charge in [-0.15, -0.1) is 0 Å². The third kappa shape index (κ3) is 7.36. The van der Waals surface area contributed by atoms with Crippen LogP contribution in [0.15, 0.2) is 59.5 Å². The van der Waals surface area contributed by atoms with Crippen molar-refractivity contribution in [3.63, 3.8) is 0 Å². The molecule has 6 nitrogen and oxygen atoms in total. The molecule has 0 aliphatic rings. The van der Waals surface area contributed by atoms with Crippen molar-refractivity contribution in [1.29, 1.82) is 0 Å². The Balaban J connectivity index is 0.000000413. The van der Waals surface area contributed by atoms with Crippen LogP contribution >= 0.6 is 0 Å². The molecule has 7 heteroatoms. The quantitative estimate of drug-likeness (QED) is 0.710. The fourth-order valence-electron chi connectivity index (χ4n) is 1.76. The van der Waals surface area contributed by atoms with Crippen LogP contribution in [0.25, 0.3) is 0 Å². The van der Waals surface area contributed by atoms with Gasteiger partial charge in [0.05, 0.1) is 4.90 Å². The van der Waals surface area contributed by atoms with E-state index in [2.05, 4.69) is 12.1 Å². The molecule has 1 atom stereocenters. The second kappa shape index (κ2) is 9.17. The molecule has 0 fully saturated rings. The lowest BCUT2D eigenvalue weighted by molar-refractivity contribution is -0.138. The third-order valence-electron chi connectivity index (χ3n) is 3.16. The molecule has 0 bridgehead atoms. The van der Waals surface area contributed by atoms with Gasteiger partial charge in [0.1, 0.15) is 6.04 Å². The van der Waals surface area contributed by atoms with Gasteiger partial charge in [-0.05, 0) is 43.0 Å². The van der Waals surface area contributed by atoms with Gasteiger partial charge in [0.2, 0.25) is 0 Å². The fraction of sp³-hybridized carbons (Fsp3) is 0.235. The van der Waals surface area contributed by atoms with Crippen LogP contribution in [0.5, 0.6) is 0 Å². The summed E-state index contributed by atoms with van der Waals surface area (Å²) >= 11 is 0. The maximum Gasteiger partial charge on any atom is 0.320 e. The molecule has 4 N–H and O–H groups in total. The van der Waals surface area contributed by atoms with Gasteiger partial charge in [-0.3, -0.25) is 9.35 Å². The van der Waals surface area contributed by atoms with Gasteiger partial charge in [-0.25, -0.2) is 0 Å². The number of aryl methyl sites for hydroxylation is 2. The van der Waals surface area contributed by atoms with Crippen molar-refractivity contribution < 1.29 is 22.9 Å². The van der Waals surface area contributed by atoms with Crippen LogP contribution in [0.2, 0.25) is 0 Å². The van der Waals surface area contributed by atoms with Crippen molar-refractivity contribution in [2.45, 2.75) is 30.7 Å². The first-order valence-corrected chi connectivity index (χ1v) is 8.73. The Bertz CT molecular complexity index is 740. The number of benzene rings is 2. The summed E-state index contributed by atoms with van der Waals surface area (Å²) in [6.07, 6.45) is 1.75. The van der Waals surface area contributed by atoms with E-state index in [4.69, 9.17) is 15.4 Å². The highest BCUT2D eigenvalue weighted by Crippen LogP contribution is 2.12. The Morgan fingerprint density at radius 3 is 1.79 bits per heavy atom. The number of carboxylic acids is 1. The lowest BCUT2D eigenvalue weighted by Crippen LogP contribution is -2.25. The predicted molar refractivity (Wildman–Crippen MR) is 91.4 cm³/mol. The van der Waals surface area contributed by atoms with Gasteiger partial charge in [0, 0.05) is 0 Å². The average Bonchev–Trinajstić information content (AvgIpc) is 2.54. The first-order chi connectivity index (χ1) is 11.2. The van der Waals surface area contributed by atoms with Gasteiger partial charge in [0.25, 0.3) is 10.1 Å². The first-order valence-electron chi connectivity index (χ1n) is 7.29. The number of rotatable bonds is 5. The molecule has 2 rings (SSSR count). The van der Waals surface area contributed by atoms with Crippen LogP contribution in [0.3, 0.4) is 0 Å². The summed E-state index contributed by atoms with van der Waals surface area (Å²) in [4.78, 5) is 9.51. The van der Waals surface area contributed by atoms with Gasteiger partial charge < -0.3 is 10.8 Å². The molecule has 0 aromatic heterocycles. The average molecular weight is 351 g/mol. The second-order valence-electron chi connectivity index (χ2n) is 5.23. The summed E-state index contributed by atoms with van der Waals surface area (Å²) in [5.41, 5.74) is 7.13.